The highest BCUT2D eigenvalue weighted by Crippen LogP contribution is 2.46. The van der Waals surface area contributed by atoms with Crippen molar-refractivity contribution in [1.82, 2.24) is 30.6 Å². The molecular formula is C28H26N6. The Kier molecular flexibility index (Phi) is 3.34. The van der Waals surface area contributed by atoms with Crippen LogP contribution in [0.5, 0.6) is 0 Å². The summed E-state index contributed by atoms with van der Waals surface area (Å²) < 4.78 is 0. The number of H-pyrrole nitrogens is 2. The summed E-state index contributed by atoms with van der Waals surface area (Å²) in [5.41, 5.74) is 6.80. The second kappa shape index (κ2) is 6.26. The lowest BCUT2D eigenvalue weighted by Gasteiger charge is -2.08. The summed E-state index contributed by atoms with van der Waals surface area (Å²) in [6.45, 7) is 0. The number of hydrogen-bond acceptors (Lipinski definition) is 4. The molecule has 2 saturated carbocycles. The third-order valence-corrected chi connectivity index (χ3v) is 8.73. The molecule has 34 heavy (non-hydrogen) atoms. The van der Waals surface area contributed by atoms with Gasteiger partial charge in [0.2, 0.25) is 0 Å². The van der Waals surface area contributed by atoms with Crippen molar-refractivity contribution in [3.63, 3.8) is 0 Å². The van der Waals surface area contributed by atoms with Crippen LogP contribution < -0.4 is 10.6 Å². The van der Waals surface area contributed by atoms with E-state index in [1.54, 1.807) is 0 Å². The Balaban J connectivity index is 1.07. The predicted octanol–water partition coefficient (Wildman–Crippen LogP) is 5.11. The number of nitrogens with zero attached hydrogens (tertiary/aromatic N) is 2. The maximum absolute atomic E-state index is 5.03. The van der Waals surface area contributed by atoms with Crippen LogP contribution in [0.1, 0.15) is 49.4 Å². The van der Waals surface area contributed by atoms with E-state index >= 15 is 0 Å². The van der Waals surface area contributed by atoms with E-state index in [1.807, 2.05) is 0 Å². The van der Waals surface area contributed by atoms with Crippen molar-refractivity contribution in [3.8, 4) is 11.1 Å². The van der Waals surface area contributed by atoms with Crippen molar-refractivity contribution < 1.29 is 0 Å². The molecule has 4 fully saturated rings. The summed E-state index contributed by atoms with van der Waals surface area (Å²) in [5.74, 6) is 3.90. The highest BCUT2D eigenvalue weighted by atomic mass is 15.1. The molecule has 6 heteroatoms. The number of piperidine rings is 2. The number of hydrogen-bond donors (Lipinski definition) is 4. The van der Waals surface area contributed by atoms with Crippen LogP contribution in [-0.2, 0) is 0 Å². The zero-order valence-electron chi connectivity index (χ0n) is 18.8. The third kappa shape index (κ3) is 2.64. The third-order valence-electron chi connectivity index (χ3n) is 8.73. The fourth-order valence-corrected chi connectivity index (χ4v) is 6.60. The molecular weight excluding hydrogens is 420 g/mol. The molecule has 2 aromatic heterocycles. The topological polar surface area (TPSA) is 81.4 Å². The van der Waals surface area contributed by atoms with Gasteiger partial charge in [0.15, 0.2) is 0 Å². The normalized spacial score (nSPS) is 31.4. The van der Waals surface area contributed by atoms with Gasteiger partial charge in [0.05, 0.1) is 34.2 Å². The lowest BCUT2D eigenvalue weighted by Crippen LogP contribution is -2.18. The lowest BCUT2D eigenvalue weighted by molar-refractivity contribution is 0.544. The Bertz CT molecular complexity index is 1610. The maximum Gasteiger partial charge on any atom is 0.124 e. The Hall–Kier alpha value is -3.22. The van der Waals surface area contributed by atoms with Crippen molar-refractivity contribution in [1.29, 1.82) is 0 Å². The summed E-state index contributed by atoms with van der Waals surface area (Å²) in [7, 11) is 0. The number of aromatic nitrogens is 4. The van der Waals surface area contributed by atoms with Gasteiger partial charge >= 0.3 is 0 Å². The van der Waals surface area contributed by atoms with E-state index in [0.29, 0.717) is 12.1 Å². The molecule has 4 heterocycles. The standard InChI is InChI=1S/C28H26N6/c1-4-18-15(3-6-20-26(18)34-28(32-20)25-12-17-10-22(17)30-25)7-13(1)14-2-5-19-23(8-14)33-27(31-19)24-11-16-9-21(16)29-24/h1-8,16-17,21-22,24-25,29-30H,9-12H2,(H,31,33)(H,32,34)/t16-,17-,21-,22-,24+,25+/m1/s1. The van der Waals surface area contributed by atoms with Crippen molar-refractivity contribution in [2.75, 3.05) is 0 Å². The van der Waals surface area contributed by atoms with Gasteiger partial charge in [-0.3, -0.25) is 0 Å². The van der Waals surface area contributed by atoms with Gasteiger partial charge in [-0.2, -0.15) is 0 Å². The first kappa shape index (κ1) is 18.2. The number of imidazole rings is 2. The van der Waals surface area contributed by atoms with Crippen LogP contribution in [-0.4, -0.2) is 32.0 Å². The summed E-state index contributed by atoms with van der Waals surface area (Å²) in [6.07, 6.45) is 5.10. The number of nitrogens with one attached hydrogen (secondary N) is 4. The molecule has 9 rings (SSSR count). The number of aromatic amines is 2. The molecule has 0 unspecified atom stereocenters. The number of benzene rings is 3. The molecule has 6 nitrogen and oxygen atoms in total. The van der Waals surface area contributed by atoms with Gasteiger partial charge in [0.1, 0.15) is 11.6 Å². The largest absolute Gasteiger partial charge is 0.341 e. The molecule has 168 valence electrons. The average molecular weight is 447 g/mol. The Morgan fingerprint density at radius 3 is 2.12 bits per heavy atom. The zero-order valence-corrected chi connectivity index (χ0v) is 18.8. The van der Waals surface area contributed by atoms with E-state index in [1.165, 1.54) is 47.6 Å². The van der Waals surface area contributed by atoms with Crippen LogP contribution in [0, 0.1) is 11.8 Å². The van der Waals surface area contributed by atoms with Gasteiger partial charge in [0.25, 0.3) is 0 Å². The predicted molar refractivity (Wildman–Crippen MR) is 133 cm³/mol. The smallest absolute Gasteiger partial charge is 0.124 e. The molecule has 2 saturated heterocycles. The van der Waals surface area contributed by atoms with E-state index in [-0.39, 0.29) is 0 Å². The highest BCUT2D eigenvalue weighted by Gasteiger charge is 2.47. The van der Waals surface area contributed by atoms with E-state index in [2.05, 4.69) is 69.1 Å². The zero-order chi connectivity index (χ0) is 22.0. The Labute approximate surface area is 196 Å². The van der Waals surface area contributed by atoms with Gasteiger partial charge in [-0.15, -0.1) is 0 Å². The number of fused-ring (bicyclic) bond motifs is 6. The summed E-state index contributed by atoms with van der Waals surface area (Å²) in [6, 6.07) is 19.9. The molecule has 4 N–H and O–H groups in total. The number of rotatable bonds is 3. The lowest BCUT2D eigenvalue weighted by atomic mass is 10.0. The van der Waals surface area contributed by atoms with E-state index < -0.39 is 0 Å². The second-order valence-electron chi connectivity index (χ2n) is 11.0. The van der Waals surface area contributed by atoms with Gasteiger partial charge in [0, 0.05) is 17.5 Å². The first-order chi connectivity index (χ1) is 16.7. The summed E-state index contributed by atoms with van der Waals surface area (Å²) in [5, 5.41) is 9.86. The van der Waals surface area contributed by atoms with E-state index in [4.69, 9.17) is 9.97 Å². The van der Waals surface area contributed by atoms with Crippen molar-refractivity contribution in [2.45, 2.75) is 49.9 Å². The summed E-state index contributed by atoms with van der Waals surface area (Å²) >= 11 is 0. The minimum atomic E-state index is 0.377. The van der Waals surface area contributed by atoms with Crippen LogP contribution in [0.4, 0.5) is 0 Å². The molecule has 0 bridgehead atoms. The molecule has 5 aromatic rings. The minimum Gasteiger partial charge on any atom is -0.341 e. The van der Waals surface area contributed by atoms with Gasteiger partial charge in [-0.05, 0) is 78.3 Å². The van der Waals surface area contributed by atoms with Crippen molar-refractivity contribution in [2.24, 2.45) is 11.8 Å². The fraction of sp³-hybridized carbons (Fsp3) is 0.357. The second-order valence-corrected chi connectivity index (χ2v) is 11.0. The minimum absolute atomic E-state index is 0.377. The molecule has 4 aliphatic rings. The van der Waals surface area contributed by atoms with Crippen LogP contribution in [0.3, 0.4) is 0 Å². The monoisotopic (exact) mass is 446 g/mol. The summed E-state index contributed by atoms with van der Waals surface area (Å²) in [4.78, 5) is 17.1. The quantitative estimate of drug-likeness (QED) is 0.311. The van der Waals surface area contributed by atoms with Gasteiger partial charge in [-0.1, -0.05) is 24.3 Å². The van der Waals surface area contributed by atoms with Crippen LogP contribution in [0.15, 0.2) is 48.5 Å². The SMILES string of the molecule is c1cc2c(ccc3[nH]c([C@@H]4C[C@H]5C[C@H]5N4)nc32)cc1-c1ccc2nc([C@@H]3C[C@H]4C[C@H]4N3)[nH]c2c1. The molecule has 0 amide bonds. The molecule has 2 aliphatic heterocycles. The van der Waals surface area contributed by atoms with Gasteiger partial charge < -0.3 is 20.6 Å². The first-order valence-corrected chi connectivity index (χ1v) is 12.7. The Morgan fingerprint density at radius 2 is 1.35 bits per heavy atom. The average Bonchev–Trinajstić information content (AvgIpc) is 3.46. The van der Waals surface area contributed by atoms with Crippen LogP contribution >= 0.6 is 0 Å². The molecule has 6 atom stereocenters. The molecule has 2 aliphatic carbocycles. The molecule has 0 radical (unpaired) electrons. The maximum atomic E-state index is 5.03. The van der Waals surface area contributed by atoms with Crippen molar-refractivity contribution in [3.05, 3.63) is 60.2 Å². The van der Waals surface area contributed by atoms with Crippen LogP contribution in [0.25, 0.3) is 44.0 Å². The van der Waals surface area contributed by atoms with Gasteiger partial charge in [-0.25, -0.2) is 9.97 Å². The van der Waals surface area contributed by atoms with Crippen molar-refractivity contribution >= 4 is 32.8 Å². The molecule has 0 spiro atoms. The first-order valence-electron chi connectivity index (χ1n) is 12.7. The fourth-order valence-electron chi connectivity index (χ4n) is 6.60. The highest BCUT2D eigenvalue weighted by molar-refractivity contribution is 6.05. The Morgan fingerprint density at radius 1 is 0.647 bits per heavy atom. The molecule has 3 aromatic carbocycles. The van der Waals surface area contributed by atoms with Crippen LogP contribution in [0.2, 0.25) is 0 Å². The van der Waals surface area contributed by atoms with E-state index in [0.717, 1.165) is 57.6 Å². The van der Waals surface area contributed by atoms with E-state index in [9.17, 15) is 0 Å².